The van der Waals surface area contributed by atoms with Gasteiger partial charge in [0.25, 0.3) is 5.91 Å². The number of benzene rings is 3. The van der Waals surface area contributed by atoms with E-state index in [2.05, 4.69) is 9.88 Å². The normalized spacial score (nSPS) is 11.4. The van der Waals surface area contributed by atoms with Gasteiger partial charge in [-0.3, -0.25) is 4.79 Å². The summed E-state index contributed by atoms with van der Waals surface area (Å²) in [7, 11) is 0. The van der Waals surface area contributed by atoms with E-state index < -0.39 is 5.91 Å². The van der Waals surface area contributed by atoms with Crippen LogP contribution in [0.5, 0.6) is 0 Å². The topological polar surface area (TPSA) is 57.8 Å². The number of para-hydroxylation sites is 1. The van der Waals surface area contributed by atoms with Crippen LogP contribution in [0, 0.1) is 18.3 Å². The number of nitrogens with one attached hydrogen (secondary N) is 1. The molecule has 0 saturated carbocycles. The Morgan fingerprint density at radius 3 is 2.28 bits per heavy atom. The van der Waals surface area contributed by atoms with Crippen LogP contribution < -0.4 is 5.32 Å². The second-order valence-electron chi connectivity index (χ2n) is 7.36. The molecule has 4 nitrogen and oxygen atoms in total. The van der Waals surface area contributed by atoms with Crippen molar-refractivity contribution in [3.63, 3.8) is 0 Å². The standard InChI is InChI=1S/C26H19Cl2N3O/c1-17-24(14-19(15-29)26(32)30-22-12-10-21(28)11-13-22)23-4-2-3-5-25(23)31(17)16-18-6-8-20(27)9-7-18/h2-14H,16H2,1H3,(H,30,32)/b19-14+. The Balaban J connectivity index is 1.72. The number of halogens is 2. The molecule has 4 aromatic rings. The third-order valence-electron chi connectivity index (χ3n) is 5.29. The fraction of sp³-hybridized carbons (Fsp3) is 0.0769. The van der Waals surface area contributed by atoms with Gasteiger partial charge < -0.3 is 9.88 Å². The maximum Gasteiger partial charge on any atom is 0.266 e. The van der Waals surface area contributed by atoms with E-state index in [1.54, 1.807) is 30.3 Å². The summed E-state index contributed by atoms with van der Waals surface area (Å²) in [6, 6.07) is 24.5. The van der Waals surface area contributed by atoms with Crippen LogP contribution in [0.3, 0.4) is 0 Å². The molecule has 32 heavy (non-hydrogen) atoms. The lowest BCUT2D eigenvalue weighted by Crippen LogP contribution is -2.13. The second kappa shape index (κ2) is 9.32. The first-order valence-corrected chi connectivity index (χ1v) is 10.7. The molecule has 1 amide bonds. The molecule has 6 heteroatoms. The number of carbonyl (C=O) groups excluding carboxylic acids is 1. The van der Waals surface area contributed by atoms with E-state index in [1.165, 1.54) is 0 Å². The maximum atomic E-state index is 12.8. The minimum atomic E-state index is -0.469. The molecule has 0 radical (unpaired) electrons. The van der Waals surface area contributed by atoms with Gasteiger partial charge >= 0.3 is 0 Å². The zero-order valence-corrected chi connectivity index (χ0v) is 18.8. The molecule has 0 aliphatic heterocycles. The fourth-order valence-electron chi connectivity index (χ4n) is 3.64. The SMILES string of the molecule is Cc1c(/C=C(\C#N)C(=O)Nc2ccc(Cl)cc2)c2ccccc2n1Cc1ccc(Cl)cc1. The van der Waals surface area contributed by atoms with Gasteiger partial charge in [-0.25, -0.2) is 0 Å². The average Bonchev–Trinajstić information content (AvgIpc) is 3.06. The number of hydrogen-bond donors (Lipinski definition) is 1. The minimum Gasteiger partial charge on any atom is -0.340 e. The number of nitrogens with zero attached hydrogens (tertiary/aromatic N) is 2. The predicted octanol–water partition coefficient (Wildman–Crippen LogP) is 6.85. The first-order valence-electron chi connectivity index (χ1n) is 9.97. The molecule has 0 aliphatic rings. The number of rotatable bonds is 5. The summed E-state index contributed by atoms with van der Waals surface area (Å²) < 4.78 is 2.18. The van der Waals surface area contributed by atoms with Crippen molar-refractivity contribution in [2.45, 2.75) is 13.5 Å². The summed E-state index contributed by atoms with van der Waals surface area (Å²) in [4.78, 5) is 12.8. The highest BCUT2D eigenvalue weighted by Crippen LogP contribution is 2.29. The van der Waals surface area contributed by atoms with Crippen LogP contribution in [-0.4, -0.2) is 10.5 Å². The molecule has 0 fully saturated rings. The summed E-state index contributed by atoms with van der Waals surface area (Å²) in [5.74, 6) is -0.469. The largest absolute Gasteiger partial charge is 0.340 e. The van der Waals surface area contributed by atoms with Crippen molar-refractivity contribution >= 4 is 51.8 Å². The van der Waals surface area contributed by atoms with Gasteiger partial charge in [-0.1, -0.05) is 53.5 Å². The molecule has 158 valence electrons. The molecule has 0 aliphatic carbocycles. The van der Waals surface area contributed by atoms with E-state index in [1.807, 2.05) is 61.5 Å². The highest BCUT2D eigenvalue weighted by atomic mass is 35.5. The minimum absolute atomic E-state index is 0.0254. The van der Waals surface area contributed by atoms with Gasteiger partial charge in [0.1, 0.15) is 11.6 Å². The van der Waals surface area contributed by atoms with E-state index in [4.69, 9.17) is 23.2 Å². The molecule has 0 unspecified atom stereocenters. The molecule has 0 saturated heterocycles. The Morgan fingerprint density at radius 2 is 1.62 bits per heavy atom. The van der Waals surface area contributed by atoms with Crippen LogP contribution >= 0.6 is 23.2 Å². The van der Waals surface area contributed by atoms with Gasteiger partial charge in [0.2, 0.25) is 0 Å². The Hall–Kier alpha value is -3.52. The average molecular weight is 460 g/mol. The smallest absolute Gasteiger partial charge is 0.266 e. The molecule has 0 bridgehead atoms. The highest BCUT2D eigenvalue weighted by molar-refractivity contribution is 6.30. The van der Waals surface area contributed by atoms with Gasteiger partial charge in [0.05, 0.1) is 0 Å². The number of fused-ring (bicyclic) bond motifs is 1. The Morgan fingerprint density at radius 1 is 1.00 bits per heavy atom. The van der Waals surface area contributed by atoms with Gasteiger partial charge in [-0.2, -0.15) is 5.26 Å². The van der Waals surface area contributed by atoms with Crippen LogP contribution in [0.2, 0.25) is 10.0 Å². The van der Waals surface area contributed by atoms with Crippen LogP contribution in [0.1, 0.15) is 16.8 Å². The van der Waals surface area contributed by atoms with Crippen molar-refractivity contribution in [1.29, 1.82) is 5.26 Å². The summed E-state index contributed by atoms with van der Waals surface area (Å²) in [5, 5.41) is 14.7. The lowest BCUT2D eigenvalue weighted by atomic mass is 10.1. The maximum absolute atomic E-state index is 12.8. The molecular weight excluding hydrogens is 441 g/mol. The third kappa shape index (κ3) is 4.55. The number of amides is 1. The molecule has 1 N–H and O–H groups in total. The second-order valence-corrected chi connectivity index (χ2v) is 8.23. The zero-order valence-electron chi connectivity index (χ0n) is 17.3. The van der Waals surface area contributed by atoms with Crippen LogP contribution in [0.25, 0.3) is 17.0 Å². The van der Waals surface area contributed by atoms with Crippen molar-refractivity contribution in [2.75, 3.05) is 5.32 Å². The number of carbonyl (C=O) groups is 1. The lowest BCUT2D eigenvalue weighted by Gasteiger charge is -2.09. The zero-order chi connectivity index (χ0) is 22.7. The van der Waals surface area contributed by atoms with Crippen molar-refractivity contribution in [3.05, 3.63) is 105 Å². The summed E-state index contributed by atoms with van der Waals surface area (Å²) in [5.41, 5.74) is 4.54. The molecule has 1 heterocycles. The molecular formula is C26H19Cl2N3O. The van der Waals surface area contributed by atoms with E-state index >= 15 is 0 Å². The van der Waals surface area contributed by atoms with Gasteiger partial charge in [0.15, 0.2) is 0 Å². The van der Waals surface area contributed by atoms with E-state index in [9.17, 15) is 10.1 Å². The van der Waals surface area contributed by atoms with Gasteiger partial charge in [-0.15, -0.1) is 0 Å². The summed E-state index contributed by atoms with van der Waals surface area (Å²) in [6.07, 6.45) is 1.65. The molecule has 4 rings (SSSR count). The number of anilines is 1. The Labute approximate surface area is 196 Å². The van der Waals surface area contributed by atoms with Gasteiger partial charge in [0, 0.05) is 44.4 Å². The predicted molar refractivity (Wildman–Crippen MR) is 131 cm³/mol. The van der Waals surface area contributed by atoms with Crippen LogP contribution in [0.4, 0.5) is 5.69 Å². The first kappa shape index (κ1) is 21.7. The molecule has 0 spiro atoms. The monoisotopic (exact) mass is 459 g/mol. The van der Waals surface area contributed by atoms with E-state index in [-0.39, 0.29) is 5.57 Å². The Bertz CT molecular complexity index is 1360. The van der Waals surface area contributed by atoms with Crippen LogP contribution in [-0.2, 0) is 11.3 Å². The first-order chi connectivity index (χ1) is 15.5. The Kier molecular flexibility index (Phi) is 6.32. The molecule has 0 atom stereocenters. The highest BCUT2D eigenvalue weighted by Gasteiger charge is 2.16. The lowest BCUT2D eigenvalue weighted by molar-refractivity contribution is -0.112. The summed E-state index contributed by atoms with van der Waals surface area (Å²) >= 11 is 11.9. The quantitative estimate of drug-likeness (QED) is 0.262. The number of nitriles is 1. The van der Waals surface area contributed by atoms with Crippen molar-refractivity contribution in [3.8, 4) is 6.07 Å². The van der Waals surface area contributed by atoms with Crippen molar-refractivity contribution in [1.82, 2.24) is 4.57 Å². The van der Waals surface area contributed by atoms with Crippen LogP contribution in [0.15, 0.2) is 78.4 Å². The number of hydrogen-bond acceptors (Lipinski definition) is 2. The van der Waals surface area contributed by atoms with E-state index in [0.29, 0.717) is 22.3 Å². The fourth-order valence-corrected chi connectivity index (χ4v) is 3.89. The number of aromatic nitrogens is 1. The summed E-state index contributed by atoms with van der Waals surface area (Å²) in [6.45, 7) is 2.64. The van der Waals surface area contributed by atoms with Gasteiger partial charge in [-0.05, 0) is 61.0 Å². The van der Waals surface area contributed by atoms with E-state index in [0.717, 1.165) is 27.7 Å². The molecule has 1 aromatic heterocycles. The van der Waals surface area contributed by atoms with Crippen molar-refractivity contribution in [2.24, 2.45) is 0 Å². The third-order valence-corrected chi connectivity index (χ3v) is 5.79. The van der Waals surface area contributed by atoms with Crippen molar-refractivity contribution < 1.29 is 4.79 Å². The molecule has 3 aromatic carbocycles.